The maximum absolute atomic E-state index is 12.6. The predicted molar refractivity (Wildman–Crippen MR) is 113 cm³/mol. The van der Waals surface area contributed by atoms with E-state index in [0.717, 1.165) is 0 Å². The second-order valence-corrected chi connectivity index (χ2v) is 6.88. The van der Waals surface area contributed by atoms with E-state index in [1.165, 1.54) is 25.1 Å². The second-order valence-electron chi connectivity index (χ2n) is 6.07. The van der Waals surface area contributed by atoms with Gasteiger partial charge in [-0.05, 0) is 42.5 Å². The summed E-state index contributed by atoms with van der Waals surface area (Å²) in [6.45, 7) is 0.0787. The van der Waals surface area contributed by atoms with Crippen molar-refractivity contribution in [2.75, 3.05) is 26.1 Å². The molecule has 0 amide bonds. The lowest BCUT2D eigenvalue weighted by molar-refractivity contribution is 0.186. The van der Waals surface area contributed by atoms with E-state index in [4.69, 9.17) is 32.7 Å². The highest BCUT2D eigenvalue weighted by molar-refractivity contribution is 6.33. The number of benzene rings is 2. The number of rotatable bonds is 7. The minimum absolute atomic E-state index is 0.0419. The zero-order chi connectivity index (χ0) is 21.0. The highest BCUT2D eigenvalue weighted by Crippen LogP contribution is 2.30. The lowest BCUT2D eigenvalue weighted by Crippen LogP contribution is -2.23. The molecule has 0 bridgehead atoms. The molecule has 152 valence electrons. The van der Waals surface area contributed by atoms with Crippen molar-refractivity contribution >= 4 is 28.9 Å². The molecule has 0 aliphatic heterocycles. The van der Waals surface area contributed by atoms with Crippen LogP contribution in [0, 0.1) is 0 Å². The van der Waals surface area contributed by atoms with Crippen LogP contribution in [0.5, 0.6) is 11.5 Å². The molecule has 1 aromatic heterocycles. The predicted octanol–water partition coefficient (Wildman–Crippen LogP) is 3.70. The number of methoxy groups -OCH3 is 2. The van der Waals surface area contributed by atoms with Gasteiger partial charge in [-0.15, -0.1) is 0 Å². The molecule has 0 aliphatic rings. The van der Waals surface area contributed by atoms with Gasteiger partial charge in [-0.1, -0.05) is 23.2 Å². The summed E-state index contributed by atoms with van der Waals surface area (Å²) < 4.78 is 11.7. The number of ether oxygens (including phenoxy) is 2. The highest BCUT2D eigenvalue weighted by atomic mass is 35.5. The Morgan fingerprint density at radius 3 is 2.52 bits per heavy atom. The molecule has 0 radical (unpaired) electrons. The number of nitrogens with one attached hydrogen (secondary N) is 1. The van der Waals surface area contributed by atoms with Gasteiger partial charge in [-0.25, -0.2) is 0 Å². The van der Waals surface area contributed by atoms with E-state index in [-0.39, 0.29) is 11.6 Å². The van der Waals surface area contributed by atoms with Gasteiger partial charge < -0.3 is 19.9 Å². The van der Waals surface area contributed by atoms with E-state index >= 15 is 0 Å². The molecule has 3 rings (SSSR count). The maximum Gasteiger partial charge on any atom is 0.292 e. The molecule has 3 aromatic rings. The largest absolute Gasteiger partial charge is 0.497 e. The molecule has 2 N–H and O–H groups in total. The molecule has 7 nitrogen and oxygen atoms in total. The lowest BCUT2D eigenvalue weighted by Gasteiger charge is -2.17. The number of aliphatic hydroxyl groups excluding tert-OH is 1. The fourth-order valence-corrected chi connectivity index (χ4v) is 3.06. The van der Waals surface area contributed by atoms with E-state index < -0.39 is 11.7 Å². The molecule has 9 heteroatoms. The Hall–Kier alpha value is -2.74. The molecular formula is C20H19Cl2N3O4. The molecular weight excluding hydrogens is 417 g/mol. The molecule has 29 heavy (non-hydrogen) atoms. The van der Waals surface area contributed by atoms with Gasteiger partial charge in [0.05, 0.1) is 37.9 Å². The molecule has 0 spiro atoms. The monoisotopic (exact) mass is 435 g/mol. The van der Waals surface area contributed by atoms with E-state index in [2.05, 4.69) is 10.4 Å². The van der Waals surface area contributed by atoms with Crippen LogP contribution in [0.25, 0.3) is 5.69 Å². The Labute approximate surface area is 177 Å². The van der Waals surface area contributed by atoms with Crippen LogP contribution in [0.4, 0.5) is 5.69 Å². The van der Waals surface area contributed by atoms with Crippen LogP contribution < -0.4 is 20.3 Å². The van der Waals surface area contributed by atoms with Crippen LogP contribution >= 0.6 is 23.2 Å². The van der Waals surface area contributed by atoms with Crippen molar-refractivity contribution in [2.45, 2.75) is 6.10 Å². The second kappa shape index (κ2) is 9.17. The van der Waals surface area contributed by atoms with Gasteiger partial charge >= 0.3 is 0 Å². The summed E-state index contributed by atoms with van der Waals surface area (Å²) in [7, 11) is 3.06. The van der Waals surface area contributed by atoms with Crippen molar-refractivity contribution in [2.24, 2.45) is 0 Å². The number of nitrogens with zero attached hydrogens (tertiary/aromatic N) is 2. The summed E-state index contributed by atoms with van der Waals surface area (Å²) in [4.78, 5) is 12.6. The van der Waals surface area contributed by atoms with Crippen LogP contribution in [-0.2, 0) is 0 Å². The van der Waals surface area contributed by atoms with Crippen molar-refractivity contribution in [1.29, 1.82) is 0 Å². The fourth-order valence-electron chi connectivity index (χ4n) is 2.74. The topological polar surface area (TPSA) is 85.6 Å². The van der Waals surface area contributed by atoms with Crippen molar-refractivity contribution in [1.82, 2.24) is 9.78 Å². The van der Waals surface area contributed by atoms with E-state index in [1.807, 2.05) is 0 Å². The number of halogens is 2. The fraction of sp³-hybridized carbons (Fsp3) is 0.200. The molecule has 1 unspecified atom stereocenters. The first-order valence-corrected chi connectivity index (χ1v) is 9.37. The standard InChI is InChI=1S/C20H19Cl2N3O4/c1-28-14-7-8-18(29-2)15(9-14)17(26)11-23-16-10-24-25(20(27)19(16)22)13-5-3-12(21)4-6-13/h3-10,17,23,26H,11H2,1-2H3. The van der Waals surface area contributed by atoms with E-state index in [1.54, 1.807) is 42.5 Å². The molecule has 0 saturated heterocycles. The summed E-state index contributed by atoms with van der Waals surface area (Å²) in [5.74, 6) is 1.10. The van der Waals surface area contributed by atoms with Gasteiger partial charge in [-0.2, -0.15) is 9.78 Å². The number of hydrogen-bond acceptors (Lipinski definition) is 6. The summed E-state index contributed by atoms with van der Waals surface area (Å²) in [5.41, 5.74) is 0.891. The SMILES string of the molecule is COc1ccc(OC)c(C(O)CNc2cnn(-c3ccc(Cl)cc3)c(=O)c2Cl)c1. The molecule has 1 heterocycles. The molecule has 0 fully saturated rings. The first kappa shape index (κ1) is 21.0. The Bertz CT molecular complexity index is 1050. The molecule has 2 aromatic carbocycles. The average Bonchev–Trinajstić information content (AvgIpc) is 2.75. The minimum Gasteiger partial charge on any atom is -0.497 e. The van der Waals surface area contributed by atoms with Crippen molar-refractivity contribution in [3.63, 3.8) is 0 Å². The number of aliphatic hydroxyl groups is 1. The Kier molecular flexibility index (Phi) is 6.64. The number of anilines is 1. The van der Waals surface area contributed by atoms with Gasteiger partial charge in [-0.3, -0.25) is 4.79 Å². The minimum atomic E-state index is -0.935. The van der Waals surface area contributed by atoms with Gasteiger partial charge in [0.2, 0.25) is 0 Å². The zero-order valence-electron chi connectivity index (χ0n) is 15.7. The zero-order valence-corrected chi connectivity index (χ0v) is 17.2. The van der Waals surface area contributed by atoms with E-state index in [0.29, 0.717) is 33.5 Å². The summed E-state index contributed by atoms with van der Waals surface area (Å²) in [6.07, 6.45) is 0.489. The third-order valence-corrected chi connectivity index (χ3v) is 4.89. The number of hydrogen-bond donors (Lipinski definition) is 2. The average molecular weight is 436 g/mol. The summed E-state index contributed by atoms with van der Waals surface area (Å²) >= 11 is 12.1. The van der Waals surface area contributed by atoms with Crippen LogP contribution in [0.3, 0.4) is 0 Å². The van der Waals surface area contributed by atoms with E-state index in [9.17, 15) is 9.90 Å². The summed E-state index contributed by atoms with van der Waals surface area (Å²) in [6, 6.07) is 11.8. The van der Waals surface area contributed by atoms with Crippen LogP contribution in [0.2, 0.25) is 10.0 Å². The van der Waals surface area contributed by atoms with Gasteiger partial charge in [0.15, 0.2) is 0 Å². The van der Waals surface area contributed by atoms with Crippen molar-refractivity contribution in [3.05, 3.63) is 74.6 Å². The Morgan fingerprint density at radius 1 is 1.14 bits per heavy atom. The lowest BCUT2D eigenvalue weighted by atomic mass is 10.1. The summed E-state index contributed by atoms with van der Waals surface area (Å²) in [5, 5.41) is 18.2. The third kappa shape index (κ3) is 4.64. The molecule has 1 atom stereocenters. The van der Waals surface area contributed by atoms with Gasteiger partial charge in [0, 0.05) is 17.1 Å². The van der Waals surface area contributed by atoms with Crippen molar-refractivity contribution < 1.29 is 14.6 Å². The van der Waals surface area contributed by atoms with Crippen LogP contribution in [0.15, 0.2) is 53.5 Å². The van der Waals surface area contributed by atoms with Crippen LogP contribution in [-0.4, -0.2) is 35.7 Å². The van der Waals surface area contributed by atoms with Gasteiger partial charge in [0.1, 0.15) is 16.5 Å². The van der Waals surface area contributed by atoms with Gasteiger partial charge in [0.25, 0.3) is 5.56 Å². The van der Waals surface area contributed by atoms with Crippen molar-refractivity contribution in [3.8, 4) is 17.2 Å². The Morgan fingerprint density at radius 2 is 1.86 bits per heavy atom. The first-order valence-electron chi connectivity index (χ1n) is 8.62. The third-order valence-electron chi connectivity index (χ3n) is 4.27. The molecule has 0 saturated carbocycles. The quantitative estimate of drug-likeness (QED) is 0.588. The van der Waals surface area contributed by atoms with Crippen LogP contribution in [0.1, 0.15) is 11.7 Å². The normalized spacial score (nSPS) is 11.8. The maximum atomic E-state index is 12.6. The number of aromatic nitrogens is 2. The highest BCUT2D eigenvalue weighted by Gasteiger charge is 2.17. The molecule has 0 aliphatic carbocycles. The first-order chi connectivity index (χ1) is 13.9. The Balaban J connectivity index is 1.80. The smallest absolute Gasteiger partial charge is 0.292 e.